The van der Waals surface area contributed by atoms with Crippen LogP contribution in [0.25, 0.3) is 22.6 Å². The molecule has 0 unspecified atom stereocenters. The maximum Gasteiger partial charge on any atom is 0.259 e. The number of carbonyl (C=O) groups is 1. The number of sulfonamides is 1. The molecule has 0 radical (unpaired) electrons. The van der Waals surface area contributed by atoms with Crippen molar-refractivity contribution < 1.29 is 22.2 Å². The quantitative estimate of drug-likeness (QED) is 0.433. The second kappa shape index (κ2) is 8.29. The third-order valence-corrected chi connectivity index (χ3v) is 7.76. The fraction of sp³-hybridized carbons (Fsp3) is 0.227. The third kappa shape index (κ3) is 3.90. The number of amides is 1. The minimum atomic E-state index is -3.67. The normalized spacial score (nSPS) is 15.3. The van der Waals surface area contributed by atoms with Crippen molar-refractivity contribution in [2.75, 3.05) is 26.2 Å². The molecule has 170 valence electrons. The zero-order valence-electron chi connectivity index (χ0n) is 17.6. The molecule has 5 rings (SSSR count). The van der Waals surface area contributed by atoms with E-state index in [0.717, 1.165) is 0 Å². The summed E-state index contributed by atoms with van der Waals surface area (Å²) in [4.78, 5) is 19.7. The molecular formula is C22H19ClN4O5S. The minimum absolute atomic E-state index is 0.172. The average Bonchev–Trinajstić information content (AvgIpc) is 3.49. The predicted octanol–water partition coefficient (Wildman–Crippen LogP) is 3.59. The Kier molecular flexibility index (Phi) is 5.43. The number of benzene rings is 1. The Hall–Kier alpha value is -3.21. The number of furan rings is 1. The highest BCUT2D eigenvalue weighted by molar-refractivity contribution is 7.89. The van der Waals surface area contributed by atoms with E-state index in [1.807, 2.05) is 0 Å². The molecule has 1 aliphatic rings. The number of hydrogen-bond acceptors (Lipinski definition) is 7. The van der Waals surface area contributed by atoms with Crippen molar-refractivity contribution in [2.24, 2.45) is 0 Å². The zero-order chi connectivity index (χ0) is 23.2. The van der Waals surface area contributed by atoms with Gasteiger partial charge in [0, 0.05) is 31.2 Å². The lowest BCUT2D eigenvalue weighted by Crippen LogP contribution is -2.50. The molecule has 1 fully saturated rings. The maximum atomic E-state index is 13.5. The zero-order valence-corrected chi connectivity index (χ0v) is 19.1. The van der Waals surface area contributed by atoms with E-state index in [0.29, 0.717) is 33.1 Å². The number of aryl methyl sites for hydroxylation is 1. The number of piperazine rings is 1. The standard InChI is InChI=1S/C22H19ClN4O5S/c1-14-20-17(13-18(19-3-2-12-31-19)24-21(20)32-25-14)22(28)26-8-10-27(11-9-26)33(29,30)16-6-4-15(23)5-7-16/h2-7,12-13H,8-11H2,1H3. The molecular weight excluding hydrogens is 468 g/mol. The van der Waals surface area contributed by atoms with Gasteiger partial charge < -0.3 is 13.8 Å². The molecule has 33 heavy (non-hydrogen) atoms. The molecule has 1 aliphatic heterocycles. The van der Waals surface area contributed by atoms with Gasteiger partial charge in [0.15, 0.2) is 5.76 Å². The first-order valence-electron chi connectivity index (χ1n) is 10.2. The van der Waals surface area contributed by atoms with E-state index in [1.54, 1.807) is 42.2 Å². The molecule has 0 bridgehead atoms. The predicted molar refractivity (Wildman–Crippen MR) is 120 cm³/mol. The van der Waals surface area contributed by atoms with Gasteiger partial charge >= 0.3 is 0 Å². The summed E-state index contributed by atoms with van der Waals surface area (Å²) in [7, 11) is -3.67. The summed E-state index contributed by atoms with van der Waals surface area (Å²) in [6.07, 6.45) is 1.52. The van der Waals surface area contributed by atoms with Gasteiger partial charge in [0.2, 0.25) is 10.0 Å². The highest BCUT2D eigenvalue weighted by Gasteiger charge is 2.32. The largest absolute Gasteiger partial charge is 0.463 e. The first kappa shape index (κ1) is 21.6. The lowest BCUT2D eigenvalue weighted by atomic mass is 10.1. The second-order valence-corrected chi connectivity index (χ2v) is 10.0. The number of rotatable bonds is 4. The summed E-state index contributed by atoms with van der Waals surface area (Å²) in [6.45, 7) is 2.59. The Morgan fingerprint density at radius 1 is 1.09 bits per heavy atom. The number of hydrogen-bond donors (Lipinski definition) is 0. The molecule has 4 heterocycles. The Balaban J connectivity index is 1.40. The van der Waals surface area contributed by atoms with Crippen LogP contribution in [-0.4, -0.2) is 59.8 Å². The van der Waals surface area contributed by atoms with Crippen LogP contribution in [0.3, 0.4) is 0 Å². The van der Waals surface area contributed by atoms with Gasteiger partial charge in [-0.1, -0.05) is 16.8 Å². The fourth-order valence-corrected chi connectivity index (χ4v) is 5.42. The van der Waals surface area contributed by atoms with Crippen molar-refractivity contribution in [2.45, 2.75) is 11.8 Å². The van der Waals surface area contributed by atoms with Gasteiger partial charge in [-0.15, -0.1) is 0 Å². The molecule has 0 spiro atoms. The Morgan fingerprint density at radius 2 is 1.82 bits per heavy atom. The first-order chi connectivity index (χ1) is 15.8. The lowest BCUT2D eigenvalue weighted by molar-refractivity contribution is 0.0699. The van der Waals surface area contributed by atoms with Gasteiger partial charge in [-0.05, 0) is 49.4 Å². The number of carbonyl (C=O) groups excluding carboxylic acids is 1. The SMILES string of the molecule is Cc1noc2nc(-c3ccco3)cc(C(=O)N3CCN(S(=O)(=O)c4ccc(Cl)cc4)CC3)c12. The molecule has 1 amide bonds. The van der Waals surface area contributed by atoms with Crippen LogP contribution in [0, 0.1) is 6.92 Å². The van der Waals surface area contributed by atoms with E-state index in [-0.39, 0.29) is 42.7 Å². The average molecular weight is 487 g/mol. The van der Waals surface area contributed by atoms with Crippen molar-refractivity contribution in [3.05, 3.63) is 65.0 Å². The van der Waals surface area contributed by atoms with Crippen molar-refractivity contribution in [3.8, 4) is 11.5 Å². The molecule has 0 atom stereocenters. The molecule has 0 saturated carbocycles. The summed E-state index contributed by atoms with van der Waals surface area (Å²) in [6, 6.07) is 11.2. The minimum Gasteiger partial charge on any atom is -0.463 e. The van der Waals surface area contributed by atoms with Gasteiger partial charge in [-0.2, -0.15) is 4.31 Å². The monoisotopic (exact) mass is 486 g/mol. The first-order valence-corrected chi connectivity index (χ1v) is 12.0. The van der Waals surface area contributed by atoms with Crippen LogP contribution in [0.1, 0.15) is 16.1 Å². The Labute approximate surface area is 194 Å². The summed E-state index contributed by atoms with van der Waals surface area (Å²) in [5.74, 6) is 0.254. The molecule has 3 aromatic heterocycles. The summed E-state index contributed by atoms with van der Waals surface area (Å²) in [5.41, 5.74) is 1.64. The topological polar surface area (TPSA) is 110 Å². The van der Waals surface area contributed by atoms with Gasteiger partial charge in [-0.25, -0.2) is 13.4 Å². The smallest absolute Gasteiger partial charge is 0.259 e. The van der Waals surface area contributed by atoms with Crippen LogP contribution in [0.15, 0.2) is 62.6 Å². The number of fused-ring (bicyclic) bond motifs is 1. The van der Waals surface area contributed by atoms with Gasteiger partial charge in [0.25, 0.3) is 11.6 Å². The van der Waals surface area contributed by atoms with Crippen molar-refractivity contribution in [1.29, 1.82) is 0 Å². The second-order valence-electron chi connectivity index (χ2n) is 7.63. The maximum absolute atomic E-state index is 13.5. The fourth-order valence-electron chi connectivity index (χ4n) is 3.87. The van der Waals surface area contributed by atoms with E-state index >= 15 is 0 Å². The third-order valence-electron chi connectivity index (χ3n) is 5.60. The van der Waals surface area contributed by atoms with Crippen LogP contribution >= 0.6 is 11.6 Å². The number of nitrogens with zero attached hydrogens (tertiary/aromatic N) is 4. The molecule has 4 aromatic rings. The van der Waals surface area contributed by atoms with Crippen LogP contribution in [0.2, 0.25) is 5.02 Å². The van der Waals surface area contributed by atoms with Crippen molar-refractivity contribution >= 4 is 38.6 Å². The molecule has 0 N–H and O–H groups in total. The number of pyridine rings is 1. The van der Waals surface area contributed by atoms with Crippen molar-refractivity contribution in [1.82, 2.24) is 19.3 Å². The lowest BCUT2D eigenvalue weighted by Gasteiger charge is -2.34. The van der Waals surface area contributed by atoms with Crippen LogP contribution in [-0.2, 0) is 10.0 Å². The Bertz CT molecular complexity index is 1420. The summed E-state index contributed by atoms with van der Waals surface area (Å²) in [5, 5.41) is 4.95. The molecule has 1 aromatic carbocycles. The van der Waals surface area contributed by atoms with Crippen molar-refractivity contribution in [3.63, 3.8) is 0 Å². The molecule has 9 nitrogen and oxygen atoms in total. The summed E-state index contributed by atoms with van der Waals surface area (Å²) < 4.78 is 38.0. The number of halogens is 1. The van der Waals surface area contributed by atoms with E-state index < -0.39 is 10.0 Å². The van der Waals surface area contributed by atoms with E-state index in [1.165, 1.54) is 22.7 Å². The van der Waals surface area contributed by atoms with Gasteiger partial charge in [-0.3, -0.25) is 4.79 Å². The number of aromatic nitrogens is 2. The highest BCUT2D eigenvalue weighted by atomic mass is 35.5. The van der Waals surface area contributed by atoms with E-state index in [2.05, 4.69) is 10.1 Å². The van der Waals surface area contributed by atoms with Crippen LogP contribution in [0.4, 0.5) is 0 Å². The Morgan fingerprint density at radius 3 is 2.48 bits per heavy atom. The van der Waals surface area contributed by atoms with Crippen LogP contribution in [0.5, 0.6) is 0 Å². The molecule has 0 aliphatic carbocycles. The van der Waals surface area contributed by atoms with E-state index in [9.17, 15) is 13.2 Å². The molecule has 1 saturated heterocycles. The van der Waals surface area contributed by atoms with Crippen LogP contribution < -0.4 is 0 Å². The van der Waals surface area contributed by atoms with Gasteiger partial charge in [0.05, 0.1) is 27.8 Å². The van der Waals surface area contributed by atoms with E-state index in [4.69, 9.17) is 20.5 Å². The van der Waals surface area contributed by atoms with Gasteiger partial charge in [0.1, 0.15) is 5.69 Å². The molecule has 11 heteroatoms. The summed E-state index contributed by atoms with van der Waals surface area (Å²) >= 11 is 5.87. The highest BCUT2D eigenvalue weighted by Crippen LogP contribution is 2.29.